The molecule has 0 heterocycles. The van der Waals surface area contributed by atoms with Crippen molar-refractivity contribution in [2.45, 2.75) is 58.8 Å². The number of rotatable bonds is 4. The summed E-state index contributed by atoms with van der Waals surface area (Å²) in [5, 5.41) is 0. The third kappa shape index (κ3) is 2.23. The fraction of sp³-hybridized carbons (Fsp3) is 1.00. The second-order valence-electron chi connectivity index (χ2n) is 6.13. The second-order valence-corrected chi connectivity index (χ2v) is 6.58. The standard InChI is InChI=1S/C14H26S/c1-3-13-7-6-12-10-14(13,2)9-11(12)5-4-8-15/h11-13,15H,3-10H2,1-2H3/t11-,12-,13?,14?/m0/s1. The number of hydrogen-bond donors (Lipinski definition) is 1. The smallest absolute Gasteiger partial charge is 0.00978 e. The third-order valence-electron chi connectivity index (χ3n) is 5.22. The van der Waals surface area contributed by atoms with Crippen LogP contribution in [0.1, 0.15) is 58.8 Å². The Bertz CT molecular complexity index is 213. The van der Waals surface area contributed by atoms with E-state index in [9.17, 15) is 0 Å². The molecule has 1 heteroatoms. The topological polar surface area (TPSA) is 0 Å². The summed E-state index contributed by atoms with van der Waals surface area (Å²) >= 11 is 4.35. The molecule has 2 rings (SSSR count). The molecule has 2 aliphatic rings. The van der Waals surface area contributed by atoms with E-state index in [1.807, 2.05) is 0 Å². The van der Waals surface area contributed by atoms with Crippen LogP contribution < -0.4 is 0 Å². The molecule has 0 saturated heterocycles. The highest BCUT2D eigenvalue weighted by Gasteiger charge is 2.48. The van der Waals surface area contributed by atoms with E-state index < -0.39 is 0 Å². The molecule has 0 aromatic heterocycles. The molecule has 0 radical (unpaired) electrons. The van der Waals surface area contributed by atoms with Crippen LogP contribution in [0.2, 0.25) is 0 Å². The largest absolute Gasteiger partial charge is 0.179 e. The van der Waals surface area contributed by atoms with Crippen LogP contribution in [0.3, 0.4) is 0 Å². The quantitative estimate of drug-likeness (QED) is 0.668. The lowest BCUT2D eigenvalue weighted by Gasteiger charge is -2.37. The van der Waals surface area contributed by atoms with Gasteiger partial charge in [-0.25, -0.2) is 0 Å². The van der Waals surface area contributed by atoms with Crippen molar-refractivity contribution >= 4 is 12.6 Å². The molecule has 0 aromatic rings. The molecule has 0 aromatic carbocycles. The lowest BCUT2D eigenvalue weighted by atomic mass is 9.68. The van der Waals surface area contributed by atoms with Crippen molar-refractivity contribution in [3.8, 4) is 0 Å². The first-order valence-electron chi connectivity index (χ1n) is 6.80. The molecule has 0 amide bonds. The molecule has 88 valence electrons. The molecule has 2 saturated carbocycles. The molecule has 0 N–H and O–H groups in total. The molecule has 2 fully saturated rings. The van der Waals surface area contributed by atoms with E-state index in [0.717, 1.165) is 23.5 Å². The summed E-state index contributed by atoms with van der Waals surface area (Å²) in [7, 11) is 0. The van der Waals surface area contributed by atoms with Crippen LogP contribution in [0.5, 0.6) is 0 Å². The van der Waals surface area contributed by atoms with Crippen LogP contribution >= 0.6 is 12.6 Å². The monoisotopic (exact) mass is 226 g/mol. The Kier molecular flexibility index (Phi) is 3.70. The van der Waals surface area contributed by atoms with Crippen LogP contribution in [0, 0.1) is 23.2 Å². The molecule has 0 aliphatic heterocycles. The van der Waals surface area contributed by atoms with E-state index in [1.165, 1.54) is 44.9 Å². The summed E-state index contributed by atoms with van der Waals surface area (Å²) < 4.78 is 0. The zero-order valence-electron chi connectivity index (χ0n) is 10.3. The average molecular weight is 226 g/mol. The highest BCUT2D eigenvalue weighted by atomic mass is 32.1. The van der Waals surface area contributed by atoms with Gasteiger partial charge in [0.1, 0.15) is 0 Å². The van der Waals surface area contributed by atoms with Gasteiger partial charge in [0.15, 0.2) is 0 Å². The zero-order chi connectivity index (χ0) is 10.9. The minimum absolute atomic E-state index is 0.707. The molecule has 2 aliphatic carbocycles. The summed E-state index contributed by atoms with van der Waals surface area (Å²) in [6.45, 7) is 4.95. The van der Waals surface area contributed by atoms with Crippen LogP contribution in [-0.2, 0) is 0 Å². The average Bonchev–Trinajstić information content (AvgIpc) is 2.48. The Morgan fingerprint density at radius 2 is 2.07 bits per heavy atom. The van der Waals surface area contributed by atoms with Crippen molar-refractivity contribution in [1.82, 2.24) is 0 Å². The zero-order valence-corrected chi connectivity index (χ0v) is 11.2. The van der Waals surface area contributed by atoms with E-state index in [0.29, 0.717) is 5.41 Å². The Balaban J connectivity index is 1.98. The summed E-state index contributed by atoms with van der Waals surface area (Å²) in [5.74, 6) is 4.21. The Morgan fingerprint density at radius 3 is 2.73 bits per heavy atom. The van der Waals surface area contributed by atoms with E-state index in [2.05, 4.69) is 26.5 Å². The van der Waals surface area contributed by atoms with Gasteiger partial charge < -0.3 is 0 Å². The number of thiol groups is 1. The minimum Gasteiger partial charge on any atom is -0.179 e. The van der Waals surface area contributed by atoms with Crippen LogP contribution in [0.25, 0.3) is 0 Å². The van der Waals surface area contributed by atoms with Crippen molar-refractivity contribution in [3.63, 3.8) is 0 Å². The first kappa shape index (κ1) is 11.8. The Morgan fingerprint density at radius 1 is 1.27 bits per heavy atom. The second kappa shape index (κ2) is 4.69. The van der Waals surface area contributed by atoms with Crippen molar-refractivity contribution in [1.29, 1.82) is 0 Å². The van der Waals surface area contributed by atoms with Gasteiger partial charge in [-0.15, -0.1) is 0 Å². The molecule has 2 unspecified atom stereocenters. The maximum Gasteiger partial charge on any atom is -0.00978 e. The van der Waals surface area contributed by atoms with Crippen LogP contribution in [0.15, 0.2) is 0 Å². The van der Waals surface area contributed by atoms with Gasteiger partial charge >= 0.3 is 0 Å². The summed E-state index contributed by atoms with van der Waals surface area (Å²) in [5.41, 5.74) is 0.707. The first-order valence-corrected chi connectivity index (χ1v) is 7.43. The molecule has 2 bridgehead atoms. The van der Waals surface area contributed by atoms with Gasteiger partial charge in [-0.1, -0.05) is 20.3 Å². The van der Waals surface area contributed by atoms with Gasteiger partial charge in [0.25, 0.3) is 0 Å². The number of fused-ring (bicyclic) bond motifs is 2. The fourth-order valence-corrected chi connectivity index (χ4v) is 4.62. The van der Waals surface area contributed by atoms with Crippen LogP contribution in [-0.4, -0.2) is 5.75 Å². The van der Waals surface area contributed by atoms with Gasteiger partial charge in [0, 0.05) is 0 Å². The summed E-state index contributed by atoms with van der Waals surface area (Å²) in [6, 6.07) is 0. The van der Waals surface area contributed by atoms with Gasteiger partial charge in [-0.3, -0.25) is 0 Å². The van der Waals surface area contributed by atoms with E-state index in [4.69, 9.17) is 0 Å². The normalized spacial score (nSPS) is 44.6. The SMILES string of the molecule is CCC1CC[C@H]2CC1(C)C[C@@H]2CCCS. The van der Waals surface area contributed by atoms with Crippen molar-refractivity contribution in [2.75, 3.05) is 5.75 Å². The first-order chi connectivity index (χ1) is 7.19. The van der Waals surface area contributed by atoms with E-state index in [1.54, 1.807) is 0 Å². The summed E-state index contributed by atoms with van der Waals surface area (Å²) in [6.07, 6.45) is 10.3. The fourth-order valence-electron chi connectivity index (χ4n) is 4.44. The molecule has 0 nitrogen and oxygen atoms in total. The maximum absolute atomic E-state index is 4.35. The maximum atomic E-state index is 4.35. The van der Waals surface area contributed by atoms with Gasteiger partial charge in [0.05, 0.1) is 0 Å². The van der Waals surface area contributed by atoms with Crippen LogP contribution in [0.4, 0.5) is 0 Å². The molecule has 15 heavy (non-hydrogen) atoms. The molecular formula is C14H26S. The lowest BCUT2D eigenvalue weighted by Crippen LogP contribution is -2.27. The van der Waals surface area contributed by atoms with E-state index >= 15 is 0 Å². The molecular weight excluding hydrogens is 200 g/mol. The van der Waals surface area contributed by atoms with Gasteiger partial charge in [0.2, 0.25) is 0 Å². The Hall–Kier alpha value is 0.350. The van der Waals surface area contributed by atoms with Gasteiger partial charge in [-0.05, 0) is 67.4 Å². The third-order valence-corrected chi connectivity index (χ3v) is 5.54. The van der Waals surface area contributed by atoms with Crippen molar-refractivity contribution in [2.24, 2.45) is 23.2 Å². The van der Waals surface area contributed by atoms with Crippen molar-refractivity contribution in [3.05, 3.63) is 0 Å². The summed E-state index contributed by atoms with van der Waals surface area (Å²) in [4.78, 5) is 0. The lowest BCUT2D eigenvalue weighted by molar-refractivity contribution is 0.130. The minimum atomic E-state index is 0.707. The molecule has 0 spiro atoms. The highest BCUT2D eigenvalue weighted by Crippen LogP contribution is 2.58. The number of hydrogen-bond acceptors (Lipinski definition) is 1. The van der Waals surface area contributed by atoms with Gasteiger partial charge in [-0.2, -0.15) is 12.6 Å². The predicted molar refractivity (Wildman–Crippen MR) is 70.4 cm³/mol. The molecule has 4 atom stereocenters. The van der Waals surface area contributed by atoms with Crippen molar-refractivity contribution < 1.29 is 0 Å². The predicted octanol–water partition coefficient (Wildman–Crippen LogP) is 4.55. The van der Waals surface area contributed by atoms with E-state index in [-0.39, 0.29) is 0 Å². The Labute approximate surface area is 101 Å². The highest BCUT2D eigenvalue weighted by molar-refractivity contribution is 7.80.